The van der Waals surface area contributed by atoms with Crippen LogP contribution >= 0.6 is 0 Å². The van der Waals surface area contributed by atoms with Crippen LogP contribution in [0.1, 0.15) is 102 Å². The molecule has 2 aromatic rings. The van der Waals surface area contributed by atoms with Crippen molar-refractivity contribution in [3.63, 3.8) is 0 Å². The molecule has 6 nitrogen and oxygen atoms in total. The lowest BCUT2D eigenvalue weighted by molar-refractivity contribution is -0.133. The molecule has 254 valence electrons. The molecule has 0 spiro atoms. The minimum Gasteiger partial charge on any atom is -0.368 e. The number of ether oxygens (including phenoxy) is 1. The van der Waals surface area contributed by atoms with E-state index in [9.17, 15) is 9.59 Å². The van der Waals surface area contributed by atoms with Crippen molar-refractivity contribution in [1.29, 1.82) is 0 Å². The summed E-state index contributed by atoms with van der Waals surface area (Å²) in [5, 5.41) is 7.14. The van der Waals surface area contributed by atoms with Crippen LogP contribution in [-0.4, -0.2) is 36.5 Å². The fraction of sp³-hybridized carbons (Fsp3) is 0.463. The van der Waals surface area contributed by atoms with Gasteiger partial charge in [0, 0.05) is 30.4 Å². The maximum absolute atomic E-state index is 13.0. The SMILES string of the molecule is CC/C=C\C/C=C\C/C=C\C/C=C\C/C=C\C/C=C\CCC(=O)NCCNC(=O)CC1(CC)OCCc2c1[nH]c1c(CC)cccc21. The zero-order valence-corrected chi connectivity index (χ0v) is 29.0. The highest BCUT2D eigenvalue weighted by Gasteiger charge is 2.40. The van der Waals surface area contributed by atoms with Crippen LogP contribution in [0.25, 0.3) is 10.9 Å². The van der Waals surface area contributed by atoms with Crippen molar-refractivity contribution < 1.29 is 14.3 Å². The largest absolute Gasteiger partial charge is 0.368 e. The average molecular weight is 640 g/mol. The molecule has 0 bridgehead atoms. The van der Waals surface area contributed by atoms with Crippen molar-refractivity contribution in [2.45, 2.75) is 103 Å². The third-order valence-corrected chi connectivity index (χ3v) is 8.52. The first kappa shape index (κ1) is 37.6. The third-order valence-electron chi connectivity index (χ3n) is 8.52. The fourth-order valence-corrected chi connectivity index (χ4v) is 5.91. The second-order valence-electron chi connectivity index (χ2n) is 11.9. The number of allylic oxidation sites excluding steroid dienone is 12. The highest BCUT2D eigenvalue weighted by molar-refractivity contribution is 5.88. The van der Waals surface area contributed by atoms with Gasteiger partial charge in [-0.2, -0.15) is 0 Å². The molecule has 2 heterocycles. The molecule has 0 saturated heterocycles. The number of hydrogen-bond donors (Lipinski definition) is 3. The molecule has 3 rings (SSSR count). The monoisotopic (exact) mass is 639 g/mol. The van der Waals surface area contributed by atoms with Crippen LogP contribution in [0.3, 0.4) is 0 Å². The Labute approximate surface area is 283 Å². The van der Waals surface area contributed by atoms with E-state index < -0.39 is 5.60 Å². The lowest BCUT2D eigenvalue weighted by atomic mass is 9.86. The van der Waals surface area contributed by atoms with Crippen molar-refractivity contribution in [2.24, 2.45) is 0 Å². The second-order valence-corrected chi connectivity index (χ2v) is 11.9. The lowest BCUT2D eigenvalue weighted by Crippen LogP contribution is -2.42. The number of benzene rings is 1. The lowest BCUT2D eigenvalue weighted by Gasteiger charge is -2.36. The molecule has 1 aliphatic rings. The summed E-state index contributed by atoms with van der Waals surface area (Å²) in [5.41, 5.74) is 4.10. The zero-order valence-electron chi connectivity index (χ0n) is 29.0. The maximum Gasteiger partial charge on any atom is 0.223 e. The van der Waals surface area contributed by atoms with E-state index in [-0.39, 0.29) is 18.2 Å². The Hall–Kier alpha value is -3.90. The fourth-order valence-electron chi connectivity index (χ4n) is 5.91. The molecule has 2 amide bonds. The predicted molar refractivity (Wildman–Crippen MR) is 197 cm³/mol. The van der Waals surface area contributed by atoms with Crippen LogP contribution in [0.15, 0.2) is 91.1 Å². The maximum atomic E-state index is 13.0. The van der Waals surface area contributed by atoms with E-state index in [2.05, 4.69) is 128 Å². The molecule has 3 N–H and O–H groups in total. The van der Waals surface area contributed by atoms with Crippen LogP contribution in [0, 0.1) is 0 Å². The van der Waals surface area contributed by atoms with Gasteiger partial charge >= 0.3 is 0 Å². The van der Waals surface area contributed by atoms with Crippen molar-refractivity contribution in [3.8, 4) is 0 Å². The summed E-state index contributed by atoms with van der Waals surface area (Å²) in [6.45, 7) is 7.79. The first-order chi connectivity index (χ1) is 23.0. The molecule has 1 aromatic heterocycles. The number of para-hydroxylation sites is 1. The number of rotatable bonds is 21. The average Bonchev–Trinajstić information content (AvgIpc) is 3.48. The van der Waals surface area contributed by atoms with Gasteiger partial charge in [0.2, 0.25) is 11.8 Å². The van der Waals surface area contributed by atoms with Crippen LogP contribution in [0.5, 0.6) is 0 Å². The Morgan fingerprint density at radius 1 is 0.787 bits per heavy atom. The van der Waals surface area contributed by atoms with E-state index in [1.807, 2.05) is 0 Å². The van der Waals surface area contributed by atoms with Gasteiger partial charge in [0.1, 0.15) is 5.60 Å². The van der Waals surface area contributed by atoms with Crippen LogP contribution in [0.2, 0.25) is 0 Å². The molecule has 1 atom stereocenters. The Morgan fingerprint density at radius 3 is 1.94 bits per heavy atom. The molecule has 0 fully saturated rings. The minimum absolute atomic E-state index is 0.00568. The Kier molecular flexibility index (Phi) is 17.4. The van der Waals surface area contributed by atoms with Gasteiger partial charge in [0.05, 0.1) is 18.7 Å². The number of aryl methyl sites for hydroxylation is 1. The molecule has 1 aliphatic heterocycles. The van der Waals surface area contributed by atoms with Gasteiger partial charge in [0.25, 0.3) is 0 Å². The molecular weight excluding hydrogens is 582 g/mol. The molecular formula is C41H57N3O3. The Bertz CT molecular complexity index is 1420. The van der Waals surface area contributed by atoms with E-state index in [1.54, 1.807) is 0 Å². The molecule has 1 unspecified atom stereocenters. The van der Waals surface area contributed by atoms with E-state index in [0.717, 1.165) is 62.6 Å². The number of carbonyl (C=O) groups excluding carboxylic acids is 2. The van der Waals surface area contributed by atoms with Crippen LogP contribution in [0.4, 0.5) is 0 Å². The van der Waals surface area contributed by atoms with Gasteiger partial charge < -0.3 is 20.4 Å². The standard InChI is InChI=1S/C41H57N3O3/c1-4-7-8-9-10-11-12-13-14-15-16-17-18-19-20-21-22-23-24-28-37(45)42-30-31-43-38(46)33-41(6-3)40-36(29-32-47-41)35-27-25-26-34(5-2)39(35)44-40/h7-8,10-11,13-14,16-17,19-20,22-23,25-27,44H,4-6,9,12,15,18,21,24,28-33H2,1-3H3,(H,42,45)(H,43,46)/b8-7-,11-10-,14-13-,17-16-,20-19-,23-22-. The summed E-state index contributed by atoms with van der Waals surface area (Å²) in [6, 6.07) is 6.44. The van der Waals surface area contributed by atoms with Crippen molar-refractivity contribution in [3.05, 3.63) is 108 Å². The summed E-state index contributed by atoms with van der Waals surface area (Å²) in [7, 11) is 0. The molecule has 1 aromatic carbocycles. The van der Waals surface area contributed by atoms with Gasteiger partial charge in [-0.05, 0) is 75.3 Å². The van der Waals surface area contributed by atoms with Gasteiger partial charge in [-0.3, -0.25) is 9.59 Å². The molecule has 0 saturated carbocycles. The van der Waals surface area contributed by atoms with Crippen molar-refractivity contribution in [2.75, 3.05) is 19.7 Å². The zero-order chi connectivity index (χ0) is 33.6. The number of carbonyl (C=O) groups is 2. The number of aromatic amines is 1. The summed E-state index contributed by atoms with van der Waals surface area (Å²) >= 11 is 0. The first-order valence-electron chi connectivity index (χ1n) is 17.7. The molecule has 0 radical (unpaired) electrons. The quantitative estimate of drug-likeness (QED) is 0.0942. The number of nitrogens with one attached hydrogen (secondary N) is 3. The van der Waals surface area contributed by atoms with Crippen LogP contribution in [-0.2, 0) is 32.8 Å². The Morgan fingerprint density at radius 2 is 1.36 bits per heavy atom. The van der Waals surface area contributed by atoms with Gasteiger partial charge in [0.15, 0.2) is 0 Å². The first-order valence-corrected chi connectivity index (χ1v) is 17.7. The normalized spacial score (nSPS) is 17.0. The number of aromatic nitrogens is 1. The molecule has 6 heteroatoms. The van der Waals surface area contributed by atoms with Gasteiger partial charge in [-0.1, -0.05) is 112 Å². The molecule has 0 aliphatic carbocycles. The van der Waals surface area contributed by atoms with Crippen molar-refractivity contribution >= 4 is 22.7 Å². The van der Waals surface area contributed by atoms with E-state index in [1.165, 1.54) is 16.5 Å². The highest BCUT2D eigenvalue weighted by Crippen LogP contribution is 2.42. The highest BCUT2D eigenvalue weighted by atomic mass is 16.5. The Balaban J connectivity index is 1.25. The third kappa shape index (κ3) is 12.7. The summed E-state index contributed by atoms with van der Waals surface area (Å²) in [5.74, 6) is -0.0739. The smallest absolute Gasteiger partial charge is 0.223 e. The topological polar surface area (TPSA) is 83.2 Å². The number of fused-ring (bicyclic) bond motifs is 3. The van der Waals surface area contributed by atoms with Crippen LogP contribution < -0.4 is 10.6 Å². The van der Waals surface area contributed by atoms with Gasteiger partial charge in [-0.15, -0.1) is 0 Å². The summed E-state index contributed by atoms with van der Waals surface area (Å²) < 4.78 is 6.31. The summed E-state index contributed by atoms with van der Waals surface area (Å²) in [4.78, 5) is 28.9. The van der Waals surface area contributed by atoms with E-state index >= 15 is 0 Å². The number of amides is 2. The molecule has 47 heavy (non-hydrogen) atoms. The number of hydrogen-bond acceptors (Lipinski definition) is 3. The second kappa shape index (κ2) is 21.8. The van der Waals surface area contributed by atoms with Gasteiger partial charge in [-0.25, -0.2) is 0 Å². The van der Waals surface area contributed by atoms with E-state index in [0.29, 0.717) is 39.0 Å². The van der Waals surface area contributed by atoms with E-state index in [4.69, 9.17) is 4.74 Å². The van der Waals surface area contributed by atoms with Crippen molar-refractivity contribution in [1.82, 2.24) is 15.6 Å². The predicted octanol–water partition coefficient (Wildman–Crippen LogP) is 9.01. The summed E-state index contributed by atoms with van der Waals surface area (Å²) in [6.07, 6.45) is 35.8. The minimum atomic E-state index is -0.663. The number of H-pyrrole nitrogens is 1.